The number of fused-ring (bicyclic) bond motifs is 1. The van der Waals surface area contributed by atoms with E-state index in [0.717, 1.165) is 18.5 Å². The Morgan fingerprint density at radius 1 is 1.26 bits per heavy atom. The molecule has 1 aromatic carbocycles. The molecule has 1 aromatic rings. The highest BCUT2D eigenvalue weighted by Gasteiger charge is 2.27. The maximum Gasteiger partial charge on any atom is 0.0376 e. The minimum Gasteiger partial charge on any atom is -0.384 e. The topological polar surface area (TPSA) is 15.3 Å². The first-order valence-electron chi connectivity index (χ1n) is 7.82. The molecule has 0 spiro atoms. The molecule has 2 heterocycles. The van der Waals surface area contributed by atoms with E-state index in [4.69, 9.17) is 0 Å². The van der Waals surface area contributed by atoms with Crippen molar-refractivity contribution < 1.29 is 0 Å². The van der Waals surface area contributed by atoms with Gasteiger partial charge in [-0.1, -0.05) is 25.1 Å². The largest absolute Gasteiger partial charge is 0.384 e. The van der Waals surface area contributed by atoms with Crippen molar-refractivity contribution in [3.8, 4) is 0 Å². The normalized spacial score (nSPS) is 30.9. The van der Waals surface area contributed by atoms with Gasteiger partial charge in [-0.05, 0) is 56.8 Å². The molecular weight excluding hydrogens is 232 g/mol. The number of benzene rings is 1. The Labute approximate surface area is 117 Å². The summed E-state index contributed by atoms with van der Waals surface area (Å²) in [5.41, 5.74) is 2.88. The molecule has 2 heteroatoms. The summed E-state index contributed by atoms with van der Waals surface area (Å²) in [6.07, 6.45) is 4.08. The average molecular weight is 258 g/mol. The molecule has 0 bridgehead atoms. The number of hydrogen-bond acceptors (Lipinski definition) is 2. The summed E-state index contributed by atoms with van der Waals surface area (Å²) in [5, 5.41) is 3.54. The van der Waals surface area contributed by atoms with Crippen molar-refractivity contribution >= 4 is 5.69 Å². The summed E-state index contributed by atoms with van der Waals surface area (Å²) in [6, 6.07) is 9.56. The Morgan fingerprint density at radius 3 is 3.00 bits per heavy atom. The summed E-state index contributed by atoms with van der Waals surface area (Å²) in [7, 11) is 0. The first-order chi connectivity index (χ1) is 9.25. The highest BCUT2D eigenvalue weighted by molar-refractivity contribution is 5.57. The molecule has 2 aliphatic heterocycles. The van der Waals surface area contributed by atoms with E-state index in [2.05, 4.69) is 48.3 Å². The third-order valence-electron chi connectivity index (χ3n) is 5.21. The standard InChI is InChI=1S/C17H26N2/c1-13-6-5-10-19(14(13)2)11-9-15-12-18-17-8-4-3-7-16(15)17/h3-4,7-8,13-15,18H,5-6,9-12H2,1-2H3. The van der Waals surface area contributed by atoms with Gasteiger partial charge in [0.15, 0.2) is 0 Å². The van der Waals surface area contributed by atoms with Crippen molar-refractivity contribution in [2.75, 3.05) is 25.0 Å². The van der Waals surface area contributed by atoms with Gasteiger partial charge in [-0.25, -0.2) is 0 Å². The predicted molar refractivity (Wildman–Crippen MR) is 81.7 cm³/mol. The third-order valence-corrected chi connectivity index (χ3v) is 5.21. The van der Waals surface area contributed by atoms with E-state index in [9.17, 15) is 0 Å². The van der Waals surface area contributed by atoms with Gasteiger partial charge in [-0.2, -0.15) is 0 Å². The first kappa shape index (κ1) is 13.0. The van der Waals surface area contributed by atoms with Gasteiger partial charge in [0.2, 0.25) is 0 Å². The second-order valence-corrected chi connectivity index (χ2v) is 6.35. The molecule has 3 unspecified atom stereocenters. The quantitative estimate of drug-likeness (QED) is 0.889. The van der Waals surface area contributed by atoms with Gasteiger partial charge in [-0.15, -0.1) is 0 Å². The molecular formula is C17H26N2. The molecule has 1 saturated heterocycles. The summed E-state index contributed by atoms with van der Waals surface area (Å²) >= 11 is 0. The summed E-state index contributed by atoms with van der Waals surface area (Å²) in [6.45, 7) is 8.49. The molecule has 104 valence electrons. The number of rotatable bonds is 3. The summed E-state index contributed by atoms with van der Waals surface area (Å²) < 4.78 is 0. The van der Waals surface area contributed by atoms with Gasteiger partial charge in [0, 0.05) is 24.2 Å². The molecule has 2 nitrogen and oxygen atoms in total. The van der Waals surface area contributed by atoms with E-state index >= 15 is 0 Å². The molecule has 3 atom stereocenters. The van der Waals surface area contributed by atoms with E-state index in [1.165, 1.54) is 43.6 Å². The van der Waals surface area contributed by atoms with Crippen LogP contribution in [0.5, 0.6) is 0 Å². The lowest BCUT2D eigenvalue weighted by Gasteiger charge is -2.38. The van der Waals surface area contributed by atoms with Crippen molar-refractivity contribution in [3.05, 3.63) is 29.8 Å². The molecule has 0 aliphatic carbocycles. The Balaban J connectivity index is 1.59. The third kappa shape index (κ3) is 2.64. The van der Waals surface area contributed by atoms with Gasteiger partial charge in [0.1, 0.15) is 0 Å². The van der Waals surface area contributed by atoms with Crippen molar-refractivity contribution in [1.29, 1.82) is 0 Å². The zero-order chi connectivity index (χ0) is 13.2. The van der Waals surface area contributed by atoms with Crippen LogP contribution in [0.25, 0.3) is 0 Å². The number of para-hydroxylation sites is 1. The Bertz CT molecular complexity index is 429. The second-order valence-electron chi connectivity index (χ2n) is 6.35. The van der Waals surface area contributed by atoms with Crippen LogP contribution in [0, 0.1) is 5.92 Å². The van der Waals surface area contributed by atoms with Gasteiger partial charge >= 0.3 is 0 Å². The summed E-state index contributed by atoms with van der Waals surface area (Å²) in [4.78, 5) is 2.70. The van der Waals surface area contributed by atoms with Crippen LogP contribution in [0.3, 0.4) is 0 Å². The Hall–Kier alpha value is -1.02. The van der Waals surface area contributed by atoms with Crippen LogP contribution in [0.4, 0.5) is 5.69 Å². The molecule has 0 aromatic heterocycles. The van der Waals surface area contributed by atoms with Crippen LogP contribution < -0.4 is 5.32 Å². The molecule has 0 radical (unpaired) electrons. The number of nitrogens with zero attached hydrogens (tertiary/aromatic N) is 1. The fourth-order valence-corrected chi connectivity index (χ4v) is 3.67. The summed E-state index contributed by atoms with van der Waals surface area (Å²) in [5.74, 6) is 1.57. The predicted octanol–water partition coefficient (Wildman–Crippen LogP) is 3.71. The number of piperidine rings is 1. The van der Waals surface area contributed by atoms with E-state index in [1.54, 1.807) is 0 Å². The van der Waals surface area contributed by atoms with Crippen molar-refractivity contribution in [3.63, 3.8) is 0 Å². The zero-order valence-electron chi connectivity index (χ0n) is 12.2. The molecule has 19 heavy (non-hydrogen) atoms. The lowest BCUT2D eigenvalue weighted by molar-refractivity contribution is 0.111. The molecule has 0 amide bonds. The molecule has 2 aliphatic rings. The number of nitrogens with one attached hydrogen (secondary N) is 1. The molecule has 1 N–H and O–H groups in total. The van der Waals surface area contributed by atoms with Crippen molar-refractivity contribution in [1.82, 2.24) is 4.90 Å². The second kappa shape index (κ2) is 5.54. The van der Waals surface area contributed by atoms with E-state index < -0.39 is 0 Å². The minimum atomic E-state index is 0.709. The fraction of sp³-hybridized carbons (Fsp3) is 0.647. The van der Waals surface area contributed by atoms with Crippen LogP contribution in [-0.4, -0.2) is 30.6 Å². The number of hydrogen-bond donors (Lipinski definition) is 1. The zero-order valence-corrected chi connectivity index (χ0v) is 12.2. The van der Waals surface area contributed by atoms with Crippen LogP contribution in [0.15, 0.2) is 24.3 Å². The lowest BCUT2D eigenvalue weighted by atomic mass is 9.91. The van der Waals surface area contributed by atoms with Crippen LogP contribution in [-0.2, 0) is 0 Å². The van der Waals surface area contributed by atoms with Crippen molar-refractivity contribution in [2.45, 2.75) is 45.1 Å². The molecule has 0 saturated carbocycles. The van der Waals surface area contributed by atoms with Crippen LogP contribution in [0.1, 0.15) is 44.6 Å². The molecule has 1 fully saturated rings. The number of likely N-dealkylation sites (tertiary alicyclic amines) is 1. The first-order valence-corrected chi connectivity index (χ1v) is 7.82. The van der Waals surface area contributed by atoms with E-state index in [0.29, 0.717) is 5.92 Å². The number of anilines is 1. The lowest BCUT2D eigenvalue weighted by Crippen LogP contribution is -2.43. The minimum absolute atomic E-state index is 0.709. The van der Waals surface area contributed by atoms with Crippen molar-refractivity contribution in [2.24, 2.45) is 5.92 Å². The molecule has 3 rings (SSSR count). The van der Waals surface area contributed by atoms with Gasteiger partial charge in [0.05, 0.1) is 0 Å². The SMILES string of the molecule is CC1CCCN(CCC2CNc3ccccc32)C1C. The van der Waals surface area contributed by atoms with Crippen LogP contribution >= 0.6 is 0 Å². The highest BCUT2D eigenvalue weighted by Crippen LogP contribution is 2.34. The van der Waals surface area contributed by atoms with Crippen LogP contribution in [0.2, 0.25) is 0 Å². The Morgan fingerprint density at radius 2 is 2.11 bits per heavy atom. The smallest absolute Gasteiger partial charge is 0.0376 e. The monoisotopic (exact) mass is 258 g/mol. The highest BCUT2D eigenvalue weighted by atomic mass is 15.2. The van der Waals surface area contributed by atoms with E-state index in [-0.39, 0.29) is 0 Å². The average Bonchev–Trinajstić information content (AvgIpc) is 2.84. The Kier molecular flexibility index (Phi) is 3.79. The maximum atomic E-state index is 3.54. The maximum absolute atomic E-state index is 3.54. The van der Waals surface area contributed by atoms with E-state index in [1.807, 2.05) is 0 Å². The van der Waals surface area contributed by atoms with Gasteiger partial charge in [-0.3, -0.25) is 0 Å². The van der Waals surface area contributed by atoms with Gasteiger partial charge < -0.3 is 10.2 Å². The fourth-order valence-electron chi connectivity index (χ4n) is 3.67. The van der Waals surface area contributed by atoms with Gasteiger partial charge in [0.25, 0.3) is 0 Å².